The Morgan fingerprint density at radius 3 is 2.65 bits per heavy atom. The van der Waals surface area contributed by atoms with E-state index in [1.165, 1.54) is 0 Å². The number of fused-ring (bicyclic) bond motifs is 1. The Hall–Kier alpha value is -2.23. The first-order valence-corrected chi connectivity index (χ1v) is 8.19. The van der Waals surface area contributed by atoms with Crippen LogP contribution in [0.5, 0.6) is 11.5 Å². The van der Waals surface area contributed by atoms with Crippen molar-refractivity contribution in [3.8, 4) is 11.5 Å². The van der Waals surface area contributed by atoms with Gasteiger partial charge in [0, 0.05) is 29.8 Å². The fraction of sp³-hybridized carbons (Fsp3) is 0.421. The van der Waals surface area contributed by atoms with Crippen LogP contribution in [-0.4, -0.2) is 18.3 Å². The van der Waals surface area contributed by atoms with Gasteiger partial charge in [0.15, 0.2) is 16.9 Å². The number of rotatable bonds is 6. The molecule has 1 aliphatic carbocycles. The van der Waals surface area contributed by atoms with E-state index in [0.717, 1.165) is 30.6 Å². The lowest BCUT2D eigenvalue weighted by atomic mass is 10.1. The number of hydrogen-bond donors (Lipinski definition) is 0. The van der Waals surface area contributed by atoms with E-state index in [1.807, 2.05) is 26.0 Å². The molecule has 1 aromatic heterocycles. The minimum Gasteiger partial charge on any atom is -0.493 e. The van der Waals surface area contributed by atoms with Gasteiger partial charge in [-0.05, 0) is 38.7 Å². The van der Waals surface area contributed by atoms with Crippen LogP contribution in [0.2, 0.25) is 0 Å². The average Bonchev–Trinajstić information content (AvgIpc) is 3.38. The number of hydrogen-bond acceptors (Lipinski definition) is 3. The van der Waals surface area contributed by atoms with Gasteiger partial charge < -0.3 is 14.0 Å². The molecule has 122 valence electrons. The minimum atomic E-state index is 0.0555. The summed E-state index contributed by atoms with van der Waals surface area (Å²) < 4.78 is 13.3. The van der Waals surface area contributed by atoms with E-state index in [9.17, 15) is 4.79 Å². The molecule has 0 aliphatic heterocycles. The summed E-state index contributed by atoms with van der Waals surface area (Å²) in [6, 6.07) is 5.53. The van der Waals surface area contributed by atoms with Crippen LogP contribution in [0.15, 0.2) is 35.1 Å². The zero-order valence-corrected chi connectivity index (χ0v) is 14.0. The van der Waals surface area contributed by atoms with Crippen molar-refractivity contribution in [1.82, 2.24) is 4.57 Å². The highest BCUT2D eigenvalue weighted by molar-refractivity contribution is 5.83. The molecule has 0 unspecified atom stereocenters. The molecule has 4 heteroatoms. The smallest absolute Gasteiger partial charge is 0.189 e. The molecular formula is C19H23NO3. The van der Waals surface area contributed by atoms with Gasteiger partial charge in [0.2, 0.25) is 0 Å². The van der Waals surface area contributed by atoms with Crippen LogP contribution >= 0.6 is 0 Å². The second-order valence-electron chi connectivity index (χ2n) is 5.84. The third-order valence-corrected chi connectivity index (χ3v) is 4.25. The molecule has 1 heterocycles. The molecular weight excluding hydrogens is 290 g/mol. The monoisotopic (exact) mass is 313 g/mol. The molecule has 0 spiro atoms. The molecule has 1 aromatic carbocycles. The predicted molar refractivity (Wildman–Crippen MR) is 92.7 cm³/mol. The first-order valence-electron chi connectivity index (χ1n) is 8.19. The topological polar surface area (TPSA) is 40.5 Å². The molecule has 1 aliphatic rings. The van der Waals surface area contributed by atoms with Gasteiger partial charge in [0.1, 0.15) is 0 Å². The Morgan fingerprint density at radius 1 is 1.26 bits per heavy atom. The highest BCUT2D eigenvalue weighted by Gasteiger charge is 2.27. The van der Waals surface area contributed by atoms with E-state index >= 15 is 0 Å². The van der Waals surface area contributed by atoms with Crippen LogP contribution in [-0.2, 0) is 6.54 Å². The fourth-order valence-electron chi connectivity index (χ4n) is 2.96. The van der Waals surface area contributed by atoms with Crippen molar-refractivity contribution in [3.05, 3.63) is 46.3 Å². The summed E-state index contributed by atoms with van der Waals surface area (Å²) in [4.78, 5) is 12.6. The molecule has 3 rings (SSSR count). The summed E-state index contributed by atoms with van der Waals surface area (Å²) in [6.45, 7) is 5.27. The molecule has 2 aromatic rings. The van der Waals surface area contributed by atoms with Crippen LogP contribution < -0.4 is 14.9 Å². The summed E-state index contributed by atoms with van der Waals surface area (Å²) in [5.74, 6) is 1.80. The number of aromatic nitrogens is 1. The van der Waals surface area contributed by atoms with Gasteiger partial charge in [-0.15, -0.1) is 0 Å². The van der Waals surface area contributed by atoms with Crippen LogP contribution in [0.3, 0.4) is 0 Å². The number of nitrogens with zero attached hydrogens (tertiary/aromatic N) is 1. The zero-order chi connectivity index (χ0) is 16.4. The van der Waals surface area contributed by atoms with Crippen LogP contribution in [0.4, 0.5) is 0 Å². The molecule has 23 heavy (non-hydrogen) atoms. The van der Waals surface area contributed by atoms with Crippen molar-refractivity contribution in [2.24, 2.45) is 0 Å². The lowest BCUT2D eigenvalue weighted by Crippen LogP contribution is -2.14. The Balaban J connectivity index is 2.28. The van der Waals surface area contributed by atoms with Crippen molar-refractivity contribution in [2.75, 3.05) is 13.7 Å². The maximum atomic E-state index is 12.6. The van der Waals surface area contributed by atoms with Gasteiger partial charge in [0.05, 0.1) is 19.2 Å². The highest BCUT2D eigenvalue weighted by atomic mass is 16.5. The van der Waals surface area contributed by atoms with Crippen molar-refractivity contribution in [3.63, 3.8) is 0 Å². The average molecular weight is 313 g/mol. The van der Waals surface area contributed by atoms with Crippen molar-refractivity contribution in [1.29, 1.82) is 0 Å². The summed E-state index contributed by atoms with van der Waals surface area (Å²) in [5.41, 5.74) is 2.11. The number of allylic oxidation sites excluding steroid dienone is 2. The summed E-state index contributed by atoms with van der Waals surface area (Å²) >= 11 is 0. The van der Waals surface area contributed by atoms with Crippen molar-refractivity contribution >= 4 is 10.9 Å². The van der Waals surface area contributed by atoms with E-state index < -0.39 is 0 Å². The highest BCUT2D eigenvalue weighted by Crippen LogP contribution is 2.41. The first kappa shape index (κ1) is 15.7. The van der Waals surface area contributed by atoms with Crippen LogP contribution in [0.1, 0.15) is 38.3 Å². The number of pyridine rings is 1. The molecule has 0 saturated heterocycles. The second kappa shape index (κ2) is 6.49. The zero-order valence-electron chi connectivity index (χ0n) is 14.0. The fourth-order valence-corrected chi connectivity index (χ4v) is 2.96. The summed E-state index contributed by atoms with van der Waals surface area (Å²) in [6.07, 6.45) is 6.47. The second-order valence-corrected chi connectivity index (χ2v) is 5.84. The molecule has 0 N–H and O–H groups in total. The largest absolute Gasteiger partial charge is 0.493 e. The molecule has 1 fully saturated rings. The number of methoxy groups -OCH3 is 1. The van der Waals surface area contributed by atoms with E-state index in [4.69, 9.17) is 9.47 Å². The van der Waals surface area contributed by atoms with Crippen LogP contribution in [0.25, 0.3) is 10.9 Å². The van der Waals surface area contributed by atoms with Gasteiger partial charge >= 0.3 is 0 Å². The summed E-state index contributed by atoms with van der Waals surface area (Å²) in [5, 5.41) is 0.680. The molecule has 0 atom stereocenters. The quantitative estimate of drug-likeness (QED) is 0.760. The van der Waals surface area contributed by atoms with E-state index in [2.05, 4.69) is 10.6 Å². The van der Waals surface area contributed by atoms with Gasteiger partial charge in [-0.1, -0.05) is 12.2 Å². The van der Waals surface area contributed by atoms with Gasteiger partial charge in [-0.25, -0.2) is 0 Å². The maximum Gasteiger partial charge on any atom is 0.189 e. The third kappa shape index (κ3) is 2.98. The Bertz CT molecular complexity index is 800. The predicted octanol–water partition coefficient (Wildman–Crippen LogP) is 3.86. The SMILES string of the molecule is C/C=C/Cn1c(C2CC2)cc(=O)c2cc(OC)c(OCC)cc21. The lowest BCUT2D eigenvalue weighted by molar-refractivity contribution is 0.311. The number of benzene rings is 1. The Kier molecular flexibility index (Phi) is 4.42. The minimum absolute atomic E-state index is 0.0555. The number of ether oxygens (including phenoxy) is 2. The molecule has 0 radical (unpaired) electrons. The third-order valence-electron chi connectivity index (χ3n) is 4.25. The molecule has 1 saturated carbocycles. The van der Waals surface area contributed by atoms with Gasteiger partial charge in [-0.2, -0.15) is 0 Å². The standard InChI is InChI=1S/C19H23NO3/c1-4-6-9-20-15(13-7-8-13)11-17(21)14-10-18(22-3)19(23-5-2)12-16(14)20/h4,6,10-13H,5,7-9H2,1-3H3/b6-4+. The van der Waals surface area contributed by atoms with Gasteiger partial charge in [-0.3, -0.25) is 4.79 Å². The first-order chi connectivity index (χ1) is 11.2. The van der Waals surface area contributed by atoms with E-state index in [-0.39, 0.29) is 5.43 Å². The Labute approximate surface area is 136 Å². The maximum absolute atomic E-state index is 12.6. The Morgan fingerprint density at radius 2 is 2.04 bits per heavy atom. The normalized spacial score (nSPS) is 14.6. The van der Waals surface area contributed by atoms with E-state index in [1.54, 1.807) is 19.2 Å². The van der Waals surface area contributed by atoms with Gasteiger partial charge in [0.25, 0.3) is 0 Å². The lowest BCUT2D eigenvalue weighted by Gasteiger charge is -2.17. The summed E-state index contributed by atoms with van der Waals surface area (Å²) in [7, 11) is 1.60. The van der Waals surface area contributed by atoms with Crippen LogP contribution in [0, 0.1) is 0 Å². The molecule has 0 amide bonds. The van der Waals surface area contributed by atoms with Crippen molar-refractivity contribution in [2.45, 2.75) is 39.2 Å². The van der Waals surface area contributed by atoms with E-state index in [0.29, 0.717) is 29.4 Å². The van der Waals surface area contributed by atoms with Crippen molar-refractivity contribution < 1.29 is 9.47 Å². The molecule has 0 bridgehead atoms. The molecule has 4 nitrogen and oxygen atoms in total.